The van der Waals surface area contributed by atoms with Gasteiger partial charge < -0.3 is 4.57 Å². The smallest absolute Gasteiger partial charge is 0.145 e. The standard InChI is InChI=1S/C47H29N5/c48-30-31-13-11-16-33(27-31)41-29-34(28-40(50-41)32-14-3-1-4-15-32)36-19-7-9-22-42(36)52-46-37(38-21-12-26-49-47(38)52)24-25-44-45(46)39-20-8-10-23-43(39)51(44)35-17-5-2-6-18-35/h1-29H. The monoisotopic (exact) mass is 663 g/mol. The third kappa shape index (κ3) is 4.63. The molecule has 0 fully saturated rings. The highest BCUT2D eigenvalue weighted by Crippen LogP contribution is 2.43. The number of benzene rings is 6. The van der Waals surface area contributed by atoms with E-state index in [9.17, 15) is 5.26 Å². The molecule has 5 heteroatoms. The van der Waals surface area contributed by atoms with Crippen LogP contribution in [-0.2, 0) is 0 Å². The first-order valence-corrected chi connectivity index (χ1v) is 17.3. The van der Waals surface area contributed by atoms with Crippen LogP contribution in [0.1, 0.15) is 5.56 Å². The third-order valence-corrected chi connectivity index (χ3v) is 9.98. The topological polar surface area (TPSA) is 59.4 Å². The van der Waals surface area contributed by atoms with Crippen molar-refractivity contribution in [1.82, 2.24) is 19.1 Å². The molecule has 0 radical (unpaired) electrons. The fourth-order valence-electron chi connectivity index (χ4n) is 7.72. The predicted octanol–water partition coefficient (Wildman–Crippen LogP) is 11.5. The molecule has 0 spiro atoms. The minimum atomic E-state index is 0.599. The zero-order valence-corrected chi connectivity index (χ0v) is 28.0. The van der Waals surface area contributed by atoms with Gasteiger partial charge in [0.15, 0.2) is 0 Å². The molecule has 0 saturated heterocycles. The number of aromatic nitrogens is 4. The van der Waals surface area contributed by atoms with Crippen molar-refractivity contribution in [2.75, 3.05) is 0 Å². The molecule has 4 aromatic heterocycles. The quantitative estimate of drug-likeness (QED) is 0.184. The van der Waals surface area contributed by atoms with Gasteiger partial charge in [0.2, 0.25) is 0 Å². The Bertz CT molecular complexity index is 3020. The van der Waals surface area contributed by atoms with Gasteiger partial charge >= 0.3 is 0 Å². The summed E-state index contributed by atoms with van der Waals surface area (Å²) in [6.45, 7) is 0. The average molecular weight is 664 g/mol. The van der Waals surface area contributed by atoms with E-state index in [0.29, 0.717) is 5.56 Å². The lowest BCUT2D eigenvalue weighted by atomic mass is 9.98. The number of hydrogen-bond donors (Lipinski definition) is 0. The summed E-state index contributed by atoms with van der Waals surface area (Å²) in [6, 6.07) is 61.0. The molecule has 52 heavy (non-hydrogen) atoms. The molecule has 4 heterocycles. The van der Waals surface area contributed by atoms with E-state index >= 15 is 0 Å². The summed E-state index contributed by atoms with van der Waals surface area (Å²) in [4.78, 5) is 10.2. The summed E-state index contributed by atoms with van der Waals surface area (Å²) in [7, 11) is 0. The molecule has 0 atom stereocenters. The zero-order valence-electron chi connectivity index (χ0n) is 28.0. The van der Waals surface area contributed by atoms with E-state index in [4.69, 9.17) is 9.97 Å². The van der Waals surface area contributed by atoms with E-state index in [1.54, 1.807) is 0 Å². The number of rotatable bonds is 5. The van der Waals surface area contributed by atoms with Crippen molar-refractivity contribution in [2.24, 2.45) is 0 Å². The third-order valence-electron chi connectivity index (χ3n) is 9.98. The lowest BCUT2D eigenvalue weighted by Crippen LogP contribution is -2.00. The van der Waals surface area contributed by atoms with Crippen molar-refractivity contribution >= 4 is 43.7 Å². The van der Waals surface area contributed by atoms with Gasteiger partial charge in [-0.1, -0.05) is 103 Å². The molecule has 5 nitrogen and oxygen atoms in total. The molecule has 0 aliphatic heterocycles. The van der Waals surface area contributed by atoms with Crippen molar-refractivity contribution < 1.29 is 0 Å². The number of para-hydroxylation sites is 3. The second-order valence-electron chi connectivity index (χ2n) is 13.0. The van der Waals surface area contributed by atoms with Gasteiger partial charge in [0.1, 0.15) is 5.65 Å². The molecule has 10 aromatic rings. The van der Waals surface area contributed by atoms with Crippen LogP contribution in [0.4, 0.5) is 0 Å². The van der Waals surface area contributed by atoms with Crippen LogP contribution < -0.4 is 0 Å². The van der Waals surface area contributed by atoms with E-state index in [1.165, 1.54) is 10.8 Å². The largest absolute Gasteiger partial charge is 0.309 e. The van der Waals surface area contributed by atoms with Gasteiger partial charge in [0.05, 0.1) is 45.3 Å². The molecule has 0 bridgehead atoms. The lowest BCUT2D eigenvalue weighted by molar-refractivity contribution is 1.14. The summed E-state index contributed by atoms with van der Waals surface area (Å²) in [5.41, 5.74) is 12.7. The summed E-state index contributed by atoms with van der Waals surface area (Å²) in [6.07, 6.45) is 1.88. The normalized spacial score (nSPS) is 11.4. The SMILES string of the molecule is N#Cc1cccc(-c2cc(-c3ccccc3-n3c4ncccc4c4ccc5c(c6ccccc6n5-c5ccccc5)c43)cc(-c3ccccc3)n2)c1. The van der Waals surface area contributed by atoms with Crippen LogP contribution in [0.2, 0.25) is 0 Å². The molecular weight excluding hydrogens is 635 g/mol. The average Bonchev–Trinajstić information content (AvgIpc) is 3.74. The molecule has 6 aromatic carbocycles. The van der Waals surface area contributed by atoms with Gasteiger partial charge in [-0.25, -0.2) is 9.97 Å². The first kappa shape index (κ1) is 29.6. The Balaban J connectivity index is 1.31. The Hall–Kier alpha value is -7.29. The number of nitriles is 1. The Labute approximate surface area is 299 Å². The van der Waals surface area contributed by atoms with Crippen LogP contribution in [0.25, 0.3) is 88.8 Å². The fourth-order valence-corrected chi connectivity index (χ4v) is 7.72. The highest BCUT2D eigenvalue weighted by Gasteiger charge is 2.23. The van der Waals surface area contributed by atoms with Crippen LogP contribution in [0.5, 0.6) is 0 Å². The van der Waals surface area contributed by atoms with Crippen molar-refractivity contribution in [3.63, 3.8) is 0 Å². The minimum Gasteiger partial charge on any atom is -0.309 e. The van der Waals surface area contributed by atoms with E-state index < -0.39 is 0 Å². The molecule has 0 N–H and O–H groups in total. The molecule has 10 rings (SSSR count). The number of nitrogens with zero attached hydrogens (tertiary/aromatic N) is 5. The summed E-state index contributed by atoms with van der Waals surface area (Å²) in [5.74, 6) is 0. The summed E-state index contributed by atoms with van der Waals surface area (Å²) >= 11 is 0. The first-order valence-electron chi connectivity index (χ1n) is 17.3. The van der Waals surface area contributed by atoms with Crippen LogP contribution >= 0.6 is 0 Å². The minimum absolute atomic E-state index is 0.599. The fraction of sp³-hybridized carbons (Fsp3) is 0. The second-order valence-corrected chi connectivity index (χ2v) is 13.0. The van der Waals surface area contributed by atoms with Crippen LogP contribution in [-0.4, -0.2) is 19.1 Å². The van der Waals surface area contributed by atoms with Crippen molar-refractivity contribution in [3.05, 3.63) is 182 Å². The zero-order chi connectivity index (χ0) is 34.6. The van der Waals surface area contributed by atoms with E-state index in [2.05, 4.69) is 137 Å². The van der Waals surface area contributed by atoms with Gasteiger partial charge in [-0.2, -0.15) is 5.26 Å². The Kier molecular flexibility index (Phi) is 6.80. The van der Waals surface area contributed by atoms with E-state index in [0.717, 1.165) is 78.0 Å². The molecular formula is C47H29N5. The molecule has 0 unspecified atom stereocenters. The van der Waals surface area contributed by atoms with Crippen molar-refractivity contribution in [2.45, 2.75) is 0 Å². The molecule has 0 aliphatic rings. The Morgan fingerprint density at radius 2 is 1.21 bits per heavy atom. The van der Waals surface area contributed by atoms with Crippen LogP contribution in [0.3, 0.4) is 0 Å². The van der Waals surface area contributed by atoms with Crippen LogP contribution in [0, 0.1) is 11.3 Å². The number of pyridine rings is 2. The molecule has 0 saturated carbocycles. The van der Waals surface area contributed by atoms with Crippen molar-refractivity contribution in [3.8, 4) is 51.1 Å². The Morgan fingerprint density at radius 3 is 2.06 bits per heavy atom. The van der Waals surface area contributed by atoms with E-state index in [1.807, 2.05) is 54.7 Å². The number of hydrogen-bond acceptors (Lipinski definition) is 3. The second kappa shape index (κ2) is 11.9. The molecule has 242 valence electrons. The number of fused-ring (bicyclic) bond motifs is 7. The molecule has 0 aliphatic carbocycles. The summed E-state index contributed by atoms with van der Waals surface area (Å²) < 4.78 is 4.71. The lowest BCUT2D eigenvalue weighted by Gasteiger charge is -2.16. The van der Waals surface area contributed by atoms with Gasteiger partial charge in [-0.3, -0.25) is 4.57 Å². The van der Waals surface area contributed by atoms with E-state index in [-0.39, 0.29) is 0 Å². The van der Waals surface area contributed by atoms with Crippen LogP contribution in [0.15, 0.2) is 176 Å². The van der Waals surface area contributed by atoms with Gasteiger partial charge in [-0.15, -0.1) is 0 Å². The maximum Gasteiger partial charge on any atom is 0.145 e. The maximum absolute atomic E-state index is 9.72. The van der Waals surface area contributed by atoms with Gasteiger partial charge in [-0.05, 0) is 72.3 Å². The molecule has 0 amide bonds. The van der Waals surface area contributed by atoms with Gasteiger partial charge in [0, 0.05) is 50.1 Å². The summed E-state index contributed by atoms with van der Waals surface area (Å²) in [5, 5.41) is 14.3. The maximum atomic E-state index is 9.72. The predicted molar refractivity (Wildman–Crippen MR) is 212 cm³/mol. The van der Waals surface area contributed by atoms with Gasteiger partial charge in [0.25, 0.3) is 0 Å². The Morgan fingerprint density at radius 1 is 0.500 bits per heavy atom. The van der Waals surface area contributed by atoms with Crippen molar-refractivity contribution in [1.29, 1.82) is 5.26 Å². The highest BCUT2D eigenvalue weighted by molar-refractivity contribution is 6.26. The highest BCUT2D eigenvalue weighted by atomic mass is 15.1. The first-order chi connectivity index (χ1) is 25.8.